The van der Waals surface area contributed by atoms with E-state index in [9.17, 15) is 4.79 Å². The van der Waals surface area contributed by atoms with Crippen LogP contribution in [0.3, 0.4) is 0 Å². The number of ether oxygens (including phenoxy) is 1. The van der Waals surface area contributed by atoms with Gasteiger partial charge in [-0.3, -0.25) is 9.69 Å². The molecular weight excluding hydrogens is 254 g/mol. The number of carbonyl (C=O) groups excluding carboxylic acids is 1. The molecule has 0 aliphatic carbocycles. The summed E-state index contributed by atoms with van der Waals surface area (Å²) in [5.41, 5.74) is 5.52. The lowest BCUT2D eigenvalue weighted by Crippen LogP contribution is -2.44. The maximum Gasteiger partial charge on any atom is 0.234 e. The van der Waals surface area contributed by atoms with Crippen molar-refractivity contribution in [1.82, 2.24) is 9.88 Å². The molecule has 1 amide bonds. The highest BCUT2D eigenvalue weighted by Crippen LogP contribution is 2.20. The Balaban J connectivity index is 1.88. The lowest BCUT2D eigenvalue weighted by Gasteiger charge is -2.24. The van der Waals surface area contributed by atoms with Gasteiger partial charge in [0.15, 0.2) is 0 Å². The Bertz CT molecular complexity index is 424. The molecule has 1 aromatic heterocycles. The maximum atomic E-state index is 11.6. The van der Waals surface area contributed by atoms with Crippen LogP contribution in [0.4, 0.5) is 0 Å². The van der Waals surface area contributed by atoms with Gasteiger partial charge >= 0.3 is 0 Å². The second-order valence-electron chi connectivity index (χ2n) is 5.25. The van der Waals surface area contributed by atoms with E-state index in [4.69, 9.17) is 10.5 Å². The zero-order valence-electron chi connectivity index (χ0n) is 12.0. The molecule has 1 saturated heterocycles. The Morgan fingerprint density at radius 3 is 3.10 bits per heavy atom. The van der Waals surface area contributed by atoms with Gasteiger partial charge in [-0.15, -0.1) is 0 Å². The van der Waals surface area contributed by atoms with Gasteiger partial charge in [0, 0.05) is 25.4 Å². The van der Waals surface area contributed by atoms with Crippen LogP contribution in [0.25, 0.3) is 0 Å². The number of primary amides is 1. The zero-order valence-corrected chi connectivity index (χ0v) is 12.0. The van der Waals surface area contributed by atoms with Crippen molar-refractivity contribution in [2.45, 2.75) is 44.8 Å². The van der Waals surface area contributed by atoms with Crippen LogP contribution in [-0.4, -0.2) is 41.0 Å². The molecule has 110 valence electrons. The molecule has 1 aliphatic rings. The molecule has 0 spiro atoms. The van der Waals surface area contributed by atoms with E-state index < -0.39 is 0 Å². The second kappa shape index (κ2) is 7.24. The standard InChI is InChI=1S/C15H23N3O2/c1-2-3-6-13(15(16)19)18-10-8-12(11-18)20-14-7-4-5-9-17-14/h4-5,7,9,12-13H,2-3,6,8,10-11H2,1H3,(H2,16,19)/t12-,13+/m1/s1. The molecule has 0 bridgehead atoms. The topological polar surface area (TPSA) is 68.5 Å². The van der Waals surface area contributed by atoms with Gasteiger partial charge in [-0.05, 0) is 18.9 Å². The molecule has 2 atom stereocenters. The highest BCUT2D eigenvalue weighted by atomic mass is 16.5. The van der Waals surface area contributed by atoms with Crippen molar-refractivity contribution in [2.75, 3.05) is 13.1 Å². The third-order valence-corrected chi connectivity index (χ3v) is 3.70. The van der Waals surface area contributed by atoms with E-state index >= 15 is 0 Å². The highest BCUT2D eigenvalue weighted by molar-refractivity contribution is 5.79. The quantitative estimate of drug-likeness (QED) is 0.821. The highest BCUT2D eigenvalue weighted by Gasteiger charge is 2.32. The van der Waals surface area contributed by atoms with Crippen LogP contribution in [0.1, 0.15) is 32.6 Å². The number of amides is 1. The number of hydrogen-bond donors (Lipinski definition) is 1. The number of nitrogens with two attached hydrogens (primary N) is 1. The summed E-state index contributed by atoms with van der Waals surface area (Å²) in [5.74, 6) is 0.417. The fourth-order valence-electron chi connectivity index (χ4n) is 2.62. The van der Waals surface area contributed by atoms with Gasteiger partial charge in [0.05, 0.1) is 6.04 Å². The number of carbonyl (C=O) groups is 1. The smallest absolute Gasteiger partial charge is 0.234 e. The van der Waals surface area contributed by atoms with Crippen molar-refractivity contribution in [2.24, 2.45) is 5.73 Å². The van der Waals surface area contributed by atoms with Gasteiger partial charge in [-0.1, -0.05) is 25.8 Å². The molecule has 0 saturated carbocycles. The average molecular weight is 277 g/mol. The summed E-state index contributed by atoms with van der Waals surface area (Å²) in [5, 5.41) is 0. The first-order valence-electron chi connectivity index (χ1n) is 7.31. The Labute approximate surface area is 120 Å². The zero-order chi connectivity index (χ0) is 14.4. The summed E-state index contributed by atoms with van der Waals surface area (Å²) < 4.78 is 5.84. The molecule has 1 aliphatic heterocycles. The molecule has 2 N–H and O–H groups in total. The van der Waals surface area contributed by atoms with Gasteiger partial charge in [-0.25, -0.2) is 4.98 Å². The molecule has 2 rings (SSSR count). The summed E-state index contributed by atoms with van der Waals surface area (Å²) in [6, 6.07) is 5.46. The molecule has 0 radical (unpaired) electrons. The molecule has 1 aromatic rings. The molecule has 2 heterocycles. The van der Waals surface area contributed by atoms with Crippen LogP contribution in [-0.2, 0) is 4.79 Å². The largest absolute Gasteiger partial charge is 0.473 e. The predicted octanol–water partition coefficient (Wildman–Crippen LogP) is 1.58. The van der Waals surface area contributed by atoms with Crippen LogP contribution in [0.2, 0.25) is 0 Å². The van der Waals surface area contributed by atoms with Crippen molar-refractivity contribution >= 4 is 5.91 Å². The first-order valence-corrected chi connectivity index (χ1v) is 7.31. The van der Waals surface area contributed by atoms with Gasteiger partial charge in [0.25, 0.3) is 0 Å². The molecule has 5 heteroatoms. The number of rotatable bonds is 7. The molecule has 0 unspecified atom stereocenters. The number of hydrogen-bond acceptors (Lipinski definition) is 4. The molecule has 1 fully saturated rings. The number of pyridine rings is 1. The minimum Gasteiger partial charge on any atom is -0.473 e. The van der Waals surface area contributed by atoms with Gasteiger partial charge in [0.1, 0.15) is 6.10 Å². The van der Waals surface area contributed by atoms with Crippen LogP contribution >= 0.6 is 0 Å². The number of nitrogens with zero attached hydrogens (tertiary/aromatic N) is 2. The third kappa shape index (κ3) is 3.93. The minimum absolute atomic E-state index is 0.0911. The summed E-state index contributed by atoms with van der Waals surface area (Å²) >= 11 is 0. The third-order valence-electron chi connectivity index (χ3n) is 3.70. The van der Waals surface area contributed by atoms with E-state index in [2.05, 4.69) is 16.8 Å². The second-order valence-corrected chi connectivity index (χ2v) is 5.25. The molecule has 0 aromatic carbocycles. The van der Waals surface area contributed by atoms with Crippen molar-refractivity contribution in [3.05, 3.63) is 24.4 Å². The minimum atomic E-state index is -0.225. The Hall–Kier alpha value is -1.62. The van der Waals surface area contributed by atoms with Crippen molar-refractivity contribution < 1.29 is 9.53 Å². The first kappa shape index (κ1) is 14.8. The van der Waals surface area contributed by atoms with Crippen LogP contribution in [0.15, 0.2) is 24.4 Å². The predicted molar refractivity (Wildman–Crippen MR) is 77.4 cm³/mol. The summed E-state index contributed by atoms with van der Waals surface area (Å²) in [4.78, 5) is 17.9. The fraction of sp³-hybridized carbons (Fsp3) is 0.600. The van der Waals surface area contributed by atoms with E-state index in [1.165, 1.54) is 0 Å². The van der Waals surface area contributed by atoms with E-state index in [0.717, 1.165) is 38.8 Å². The Kier molecular flexibility index (Phi) is 5.35. The van der Waals surface area contributed by atoms with Crippen molar-refractivity contribution in [3.63, 3.8) is 0 Å². The van der Waals surface area contributed by atoms with Crippen molar-refractivity contribution in [3.8, 4) is 5.88 Å². The number of unbranched alkanes of at least 4 members (excludes halogenated alkanes) is 1. The normalized spacial score (nSPS) is 20.8. The van der Waals surface area contributed by atoms with Crippen molar-refractivity contribution in [1.29, 1.82) is 0 Å². The van der Waals surface area contributed by atoms with Crippen LogP contribution < -0.4 is 10.5 Å². The first-order chi connectivity index (χ1) is 9.70. The van der Waals surface area contributed by atoms with Crippen LogP contribution in [0, 0.1) is 0 Å². The van der Waals surface area contributed by atoms with Gasteiger partial charge in [0.2, 0.25) is 11.8 Å². The summed E-state index contributed by atoms with van der Waals surface area (Å²) in [6.07, 6.45) is 5.65. The fourth-order valence-corrected chi connectivity index (χ4v) is 2.62. The van der Waals surface area contributed by atoms with Crippen LogP contribution in [0.5, 0.6) is 5.88 Å². The Morgan fingerprint density at radius 1 is 1.60 bits per heavy atom. The SMILES string of the molecule is CCCC[C@@H](C(N)=O)N1CC[C@@H](Oc2ccccn2)C1. The van der Waals surface area contributed by atoms with Gasteiger partial charge in [-0.2, -0.15) is 0 Å². The maximum absolute atomic E-state index is 11.6. The summed E-state index contributed by atoms with van der Waals surface area (Å²) in [7, 11) is 0. The lowest BCUT2D eigenvalue weighted by atomic mass is 10.1. The number of likely N-dealkylation sites (tertiary alicyclic amines) is 1. The Morgan fingerprint density at radius 2 is 2.45 bits per heavy atom. The summed E-state index contributed by atoms with van der Waals surface area (Å²) in [6.45, 7) is 3.72. The molecular formula is C15H23N3O2. The van der Waals surface area contributed by atoms with E-state index in [0.29, 0.717) is 5.88 Å². The monoisotopic (exact) mass is 277 g/mol. The lowest BCUT2D eigenvalue weighted by molar-refractivity contribution is -0.123. The van der Waals surface area contributed by atoms with E-state index in [-0.39, 0.29) is 18.1 Å². The van der Waals surface area contributed by atoms with E-state index in [1.54, 1.807) is 6.20 Å². The molecule has 5 nitrogen and oxygen atoms in total. The van der Waals surface area contributed by atoms with Gasteiger partial charge < -0.3 is 10.5 Å². The molecule has 20 heavy (non-hydrogen) atoms. The average Bonchev–Trinajstić information content (AvgIpc) is 2.88. The number of aromatic nitrogens is 1. The van der Waals surface area contributed by atoms with E-state index in [1.807, 2.05) is 18.2 Å².